The van der Waals surface area contributed by atoms with Crippen LogP contribution in [0.4, 0.5) is 18.0 Å². The van der Waals surface area contributed by atoms with Crippen LogP contribution < -0.4 is 10.6 Å². The Kier molecular flexibility index (Phi) is 3.97. The van der Waals surface area contributed by atoms with Gasteiger partial charge in [-0.15, -0.1) is 0 Å². The molecule has 0 saturated carbocycles. The minimum absolute atomic E-state index is 0.240. The third-order valence-corrected chi connectivity index (χ3v) is 1.81. The van der Waals surface area contributed by atoms with E-state index in [1.54, 1.807) is 19.2 Å². The summed E-state index contributed by atoms with van der Waals surface area (Å²) >= 11 is 0. The van der Waals surface area contributed by atoms with Crippen LogP contribution in [0.25, 0.3) is 0 Å². The van der Waals surface area contributed by atoms with E-state index in [1.807, 2.05) is 0 Å². The number of oxazole rings is 1. The first-order chi connectivity index (χ1) is 7.78. The topological polar surface area (TPSA) is 67.2 Å². The molecule has 0 fully saturated rings. The molecule has 5 nitrogen and oxygen atoms in total. The van der Waals surface area contributed by atoms with Gasteiger partial charge in [-0.05, 0) is 13.8 Å². The average molecular weight is 251 g/mol. The first-order valence-electron chi connectivity index (χ1n) is 4.81. The van der Waals surface area contributed by atoms with E-state index in [-0.39, 0.29) is 5.89 Å². The van der Waals surface area contributed by atoms with Crippen LogP contribution in [0.2, 0.25) is 0 Å². The molecule has 0 saturated heterocycles. The van der Waals surface area contributed by atoms with Gasteiger partial charge in [0, 0.05) is 0 Å². The molecule has 1 atom stereocenters. The highest BCUT2D eigenvalue weighted by Gasteiger charge is 2.28. The van der Waals surface area contributed by atoms with Gasteiger partial charge in [0.25, 0.3) is 0 Å². The van der Waals surface area contributed by atoms with Crippen molar-refractivity contribution >= 4 is 6.03 Å². The lowest BCUT2D eigenvalue weighted by Gasteiger charge is -2.12. The third kappa shape index (κ3) is 4.75. The number of nitrogens with one attached hydrogen (secondary N) is 2. The number of nitrogens with zero attached hydrogens (tertiary/aromatic N) is 1. The van der Waals surface area contributed by atoms with Crippen LogP contribution in [0, 0.1) is 6.92 Å². The van der Waals surface area contributed by atoms with Gasteiger partial charge in [0.1, 0.15) is 18.3 Å². The van der Waals surface area contributed by atoms with Crippen molar-refractivity contribution in [2.45, 2.75) is 26.1 Å². The summed E-state index contributed by atoms with van der Waals surface area (Å²) in [7, 11) is 0. The molecule has 17 heavy (non-hydrogen) atoms. The molecule has 1 rings (SSSR count). The maximum Gasteiger partial charge on any atom is 0.405 e. The highest BCUT2D eigenvalue weighted by atomic mass is 19.4. The van der Waals surface area contributed by atoms with Crippen molar-refractivity contribution in [2.24, 2.45) is 0 Å². The Morgan fingerprint density at radius 2 is 2.24 bits per heavy atom. The monoisotopic (exact) mass is 251 g/mol. The largest absolute Gasteiger partial charge is 0.444 e. The van der Waals surface area contributed by atoms with Crippen LogP contribution in [0.1, 0.15) is 24.6 Å². The Labute approximate surface area is 95.4 Å². The van der Waals surface area contributed by atoms with E-state index in [1.165, 1.54) is 6.20 Å². The summed E-state index contributed by atoms with van der Waals surface area (Å²) in [4.78, 5) is 14.9. The number of hydrogen-bond acceptors (Lipinski definition) is 3. The second-order valence-electron chi connectivity index (χ2n) is 3.47. The Morgan fingerprint density at radius 1 is 1.59 bits per heavy atom. The normalized spacial score (nSPS) is 13.2. The van der Waals surface area contributed by atoms with Gasteiger partial charge in [-0.25, -0.2) is 9.78 Å². The number of aryl methyl sites for hydroxylation is 1. The third-order valence-electron chi connectivity index (χ3n) is 1.81. The first-order valence-corrected chi connectivity index (χ1v) is 4.81. The molecule has 1 heterocycles. The lowest BCUT2D eigenvalue weighted by atomic mass is 10.3. The summed E-state index contributed by atoms with van der Waals surface area (Å²) in [6.07, 6.45) is -2.97. The Hall–Kier alpha value is -1.73. The number of urea groups is 1. The van der Waals surface area contributed by atoms with Crippen LogP contribution in [-0.4, -0.2) is 23.7 Å². The lowest BCUT2D eigenvalue weighted by Crippen LogP contribution is -2.41. The summed E-state index contributed by atoms with van der Waals surface area (Å²) < 4.78 is 40.5. The lowest BCUT2D eigenvalue weighted by molar-refractivity contribution is -0.122. The molecule has 8 heteroatoms. The van der Waals surface area contributed by atoms with Crippen molar-refractivity contribution in [1.82, 2.24) is 15.6 Å². The smallest absolute Gasteiger partial charge is 0.405 e. The highest BCUT2D eigenvalue weighted by molar-refractivity contribution is 5.74. The summed E-state index contributed by atoms with van der Waals surface area (Å²) in [5, 5.41) is 3.96. The van der Waals surface area contributed by atoms with Crippen LogP contribution >= 0.6 is 0 Å². The molecule has 1 unspecified atom stereocenters. The number of hydrogen-bond donors (Lipinski definition) is 2. The zero-order chi connectivity index (χ0) is 13.1. The molecule has 96 valence electrons. The predicted molar refractivity (Wildman–Crippen MR) is 52.2 cm³/mol. The fraction of sp³-hybridized carbons (Fsp3) is 0.556. The van der Waals surface area contributed by atoms with Crippen molar-refractivity contribution in [2.75, 3.05) is 6.54 Å². The average Bonchev–Trinajstić information content (AvgIpc) is 2.61. The van der Waals surface area contributed by atoms with E-state index in [4.69, 9.17) is 4.42 Å². The fourth-order valence-corrected chi connectivity index (χ4v) is 1.06. The minimum atomic E-state index is -4.43. The van der Waals surface area contributed by atoms with Crippen LogP contribution in [-0.2, 0) is 0 Å². The second kappa shape index (κ2) is 5.07. The van der Waals surface area contributed by atoms with Gasteiger partial charge in [-0.3, -0.25) is 0 Å². The van der Waals surface area contributed by atoms with Crippen molar-refractivity contribution in [3.63, 3.8) is 0 Å². The van der Waals surface area contributed by atoms with Crippen molar-refractivity contribution in [3.8, 4) is 0 Å². The van der Waals surface area contributed by atoms with E-state index in [0.717, 1.165) is 0 Å². The number of halogens is 3. The molecule has 2 N–H and O–H groups in total. The molecule has 2 amide bonds. The van der Waals surface area contributed by atoms with E-state index in [9.17, 15) is 18.0 Å². The predicted octanol–water partition coefficient (Wildman–Crippen LogP) is 1.91. The number of carbonyl (C=O) groups is 1. The zero-order valence-corrected chi connectivity index (χ0v) is 9.26. The quantitative estimate of drug-likeness (QED) is 0.862. The SMILES string of the molecule is Cc1cnc(C(C)NC(=O)NCC(F)(F)F)o1. The summed E-state index contributed by atoms with van der Waals surface area (Å²) in [6, 6.07) is -1.53. The summed E-state index contributed by atoms with van der Waals surface area (Å²) in [6.45, 7) is 1.85. The van der Waals surface area contributed by atoms with Gasteiger partial charge < -0.3 is 15.1 Å². The van der Waals surface area contributed by atoms with E-state index in [0.29, 0.717) is 5.76 Å². The molecule has 0 aromatic carbocycles. The van der Waals surface area contributed by atoms with Gasteiger partial charge >= 0.3 is 12.2 Å². The van der Waals surface area contributed by atoms with Gasteiger partial charge in [-0.1, -0.05) is 0 Å². The molecular formula is C9H12F3N3O2. The molecule has 1 aromatic rings. The van der Waals surface area contributed by atoms with Crippen LogP contribution in [0.3, 0.4) is 0 Å². The Balaban J connectivity index is 2.41. The summed E-state index contributed by atoms with van der Waals surface area (Å²) in [5.41, 5.74) is 0. The van der Waals surface area contributed by atoms with E-state index in [2.05, 4.69) is 10.3 Å². The molecule has 0 bridgehead atoms. The minimum Gasteiger partial charge on any atom is -0.444 e. The van der Waals surface area contributed by atoms with Crippen LogP contribution in [0.15, 0.2) is 10.6 Å². The standard InChI is InChI=1S/C9H12F3N3O2/c1-5-3-13-7(17-5)6(2)15-8(16)14-4-9(10,11)12/h3,6H,4H2,1-2H3,(H2,14,15,16). The van der Waals surface area contributed by atoms with Crippen molar-refractivity contribution in [1.29, 1.82) is 0 Å². The number of alkyl halides is 3. The Morgan fingerprint density at radius 3 is 2.71 bits per heavy atom. The van der Waals surface area contributed by atoms with E-state index >= 15 is 0 Å². The molecule has 0 spiro atoms. The molecule has 0 radical (unpaired) electrons. The van der Waals surface area contributed by atoms with Gasteiger partial charge in [0.2, 0.25) is 5.89 Å². The maximum absolute atomic E-state index is 11.8. The molecule has 0 aliphatic heterocycles. The van der Waals surface area contributed by atoms with Gasteiger partial charge in [-0.2, -0.15) is 13.2 Å². The molecule has 0 aliphatic rings. The summed E-state index contributed by atoms with van der Waals surface area (Å²) in [5.74, 6) is 0.800. The Bertz CT molecular complexity index is 389. The number of rotatable bonds is 3. The van der Waals surface area contributed by atoms with Crippen molar-refractivity contribution < 1.29 is 22.4 Å². The highest BCUT2D eigenvalue weighted by Crippen LogP contribution is 2.13. The fourth-order valence-electron chi connectivity index (χ4n) is 1.06. The number of amides is 2. The molecule has 1 aromatic heterocycles. The number of carbonyl (C=O) groups excluding carboxylic acids is 1. The molecular weight excluding hydrogens is 239 g/mol. The van der Waals surface area contributed by atoms with E-state index < -0.39 is 24.8 Å². The van der Waals surface area contributed by atoms with Gasteiger partial charge in [0.15, 0.2) is 0 Å². The second-order valence-corrected chi connectivity index (χ2v) is 3.47. The maximum atomic E-state index is 11.8. The zero-order valence-electron chi connectivity index (χ0n) is 9.26. The van der Waals surface area contributed by atoms with Crippen molar-refractivity contribution in [3.05, 3.63) is 17.8 Å². The van der Waals surface area contributed by atoms with Gasteiger partial charge in [0.05, 0.1) is 6.20 Å². The van der Waals surface area contributed by atoms with Crippen LogP contribution in [0.5, 0.6) is 0 Å². The first kappa shape index (κ1) is 13.3. The molecule has 0 aliphatic carbocycles. The number of aromatic nitrogens is 1.